The highest BCUT2D eigenvalue weighted by Gasteiger charge is 2.25. The lowest BCUT2D eigenvalue weighted by molar-refractivity contribution is 0.589. The average Bonchev–Trinajstić information content (AvgIpc) is 2.47. The Morgan fingerprint density at radius 3 is 2.48 bits per heavy atom. The molecule has 2 aromatic carbocycles. The maximum Gasteiger partial charge on any atom is 0.264 e. The molecule has 0 spiro atoms. The highest BCUT2D eigenvalue weighted by atomic mass is 35.5. The van der Waals surface area contributed by atoms with Crippen LogP contribution in [0.5, 0.6) is 0 Å². The second kappa shape index (κ2) is 6.03. The molecule has 0 saturated carbocycles. The molecule has 0 unspecified atom stereocenters. The predicted molar refractivity (Wildman–Crippen MR) is 82.7 cm³/mol. The van der Waals surface area contributed by atoms with Gasteiger partial charge in [0.2, 0.25) is 0 Å². The number of sulfonamides is 1. The first kappa shape index (κ1) is 15.8. The zero-order valence-electron chi connectivity index (χ0n) is 11.7. The lowest BCUT2D eigenvalue weighted by Crippen LogP contribution is -2.28. The van der Waals surface area contributed by atoms with Gasteiger partial charge < -0.3 is 0 Å². The van der Waals surface area contributed by atoms with Crippen LogP contribution >= 0.6 is 11.6 Å². The molecule has 21 heavy (non-hydrogen) atoms. The molecule has 0 aromatic heterocycles. The summed E-state index contributed by atoms with van der Waals surface area (Å²) in [5.41, 5.74) is 1.29. The minimum atomic E-state index is -3.84. The second-order valence-electron chi connectivity index (χ2n) is 4.66. The van der Waals surface area contributed by atoms with Gasteiger partial charge in [-0.05, 0) is 36.2 Å². The molecule has 0 aliphatic heterocycles. The molecule has 6 heteroatoms. The Hall–Kier alpha value is -1.59. The highest BCUT2D eigenvalue weighted by molar-refractivity contribution is 7.92. The Morgan fingerprint density at radius 2 is 1.86 bits per heavy atom. The minimum Gasteiger partial charge on any atom is -0.266 e. The van der Waals surface area contributed by atoms with Crippen molar-refractivity contribution in [3.63, 3.8) is 0 Å². The smallest absolute Gasteiger partial charge is 0.264 e. The zero-order valence-corrected chi connectivity index (χ0v) is 13.2. The molecule has 112 valence electrons. The summed E-state index contributed by atoms with van der Waals surface area (Å²) in [6.45, 7) is 1.69. The number of hydrogen-bond acceptors (Lipinski definition) is 2. The van der Waals surface area contributed by atoms with E-state index in [0.717, 1.165) is 4.31 Å². The van der Waals surface area contributed by atoms with E-state index in [1.165, 1.54) is 31.3 Å². The normalized spacial score (nSPS) is 11.4. The van der Waals surface area contributed by atoms with E-state index in [1.54, 1.807) is 25.1 Å². The number of hydrogen-bond donors (Lipinski definition) is 0. The van der Waals surface area contributed by atoms with E-state index in [2.05, 4.69) is 0 Å². The molecule has 0 aliphatic rings. The summed E-state index contributed by atoms with van der Waals surface area (Å²) >= 11 is 5.75. The van der Waals surface area contributed by atoms with Crippen molar-refractivity contribution >= 4 is 27.3 Å². The zero-order chi connectivity index (χ0) is 15.6. The summed E-state index contributed by atoms with van der Waals surface area (Å²) in [6, 6.07) is 10.7. The molecule has 0 N–H and O–H groups in total. The molecule has 0 aliphatic carbocycles. The standard InChI is InChI=1S/C15H15ClFNO2S/c1-11-7-8-12(10-16)9-15(11)21(19,20)18(2)14-6-4-3-5-13(14)17/h3-9H,10H2,1-2H3. The van der Waals surface area contributed by atoms with E-state index in [1.807, 2.05) is 0 Å². The van der Waals surface area contributed by atoms with Gasteiger partial charge in [0.05, 0.1) is 10.6 Å². The third-order valence-electron chi connectivity index (χ3n) is 3.24. The summed E-state index contributed by atoms with van der Waals surface area (Å²) in [5.74, 6) is -0.374. The first-order valence-electron chi connectivity index (χ1n) is 6.27. The van der Waals surface area contributed by atoms with Crippen molar-refractivity contribution in [3.05, 3.63) is 59.4 Å². The van der Waals surface area contributed by atoms with Crippen molar-refractivity contribution in [1.82, 2.24) is 0 Å². The molecule has 2 rings (SSSR count). The van der Waals surface area contributed by atoms with Gasteiger partial charge in [0.25, 0.3) is 10.0 Å². The van der Waals surface area contributed by atoms with Gasteiger partial charge in [-0.3, -0.25) is 4.31 Å². The average molecular weight is 328 g/mol. The van der Waals surface area contributed by atoms with E-state index >= 15 is 0 Å². The molecule has 3 nitrogen and oxygen atoms in total. The second-order valence-corrected chi connectivity index (χ2v) is 6.86. The van der Waals surface area contributed by atoms with Gasteiger partial charge in [0, 0.05) is 12.9 Å². The summed E-state index contributed by atoms with van der Waals surface area (Å²) in [5, 5.41) is 0. The molecular weight excluding hydrogens is 313 g/mol. The van der Waals surface area contributed by atoms with Crippen molar-refractivity contribution < 1.29 is 12.8 Å². The highest BCUT2D eigenvalue weighted by Crippen LogP contribution is 2.27. The van der Waals surface area contributed by atoms with Crippen LogP contribution in [0.1, 0.15) is 11.1 Å². The third-order valence-corrected chi connectivity index (χ3v) is 5.46. The number of anilines is 1. The van der Waals surface area contributed by atoms with Gasteiger partial charge in [-0.1, -0.05) is 24.3 Å². The van der Waals surface area contributed by atoms with Crippen molar-refractivity contribution in [2.24, 2.45) is 0 Å². The van der Waals surface area contributed by atoms with Crippen LogP contribution in [0.2, 0.25) is 0 Å². The van der Waals surface area contributed by atoms with Crippen LogP contribution in [0.25, 0.3) is 0 Å². The van der Waals surface area contributed by atoms with E-state index < -0.39 is 15.8 Å². The van der Waals surface area contributed by atoms with Gasteiger partial charge in [-0.15, -0.1) is 11.6 Å². The van der Waals surface area contributed by atoms with Gasteiger partial charge in [0.15, 0.2) is 0 Å². The fourth-order valence-corrected chi connectivity index (χ4v) is 3.63. The van der Waals surface area contributed by atoms with Crippen LogP contribution in [0, 0.1) is 12.7 Å². The number of alkyl halides is 1. The van der Waals surface area contributed by atoms with Crippen molar-refractivity contribution in [2.75, 3.05) is 11.4 Å². The lowest BCUT2D eigenvalue weighted by atomic mass is 10.2. The van der Waals surface area contributed by atoms with Gasteiger partial charge in [-0.2, -0.15) is 0 Å². The van der Waals surface area contributed by atoms with Crippen LogP contribution in [0.4, 0.5) is 10.1 Å². The number of para-hydroxylation sites is 1. The largest absolute Gasteiger partial charge is 0.266 e. The van der Waals surface area contributed by atoms with E-state index in [4.69, 9.17) is 11.6 Å². The Morgan fingerprint density at radius 1 is 1.19 bits per heavy atom. The number of nitrogens with zero attached hydrogens (tertiary/aromatic N) is 1. The topological polar surface area (TPSA) is 37.4 Å². The number of benzene rings is 2. The van der Waals surface area contributed by atoms with Crippen LogP contribution in [-0.4, -0.2) is 15.5 Å². The van der Waals surface area contributed by atoms with Crippen molar-refractivity contribution in [3.8, 4) is 0 Å². The fourth-order valence-electron chi connectivity index (χ4n) is 1.99. The summed E-state index contributed by atoms with van der Waals surface area (Å²) < 4.78 is 40.1. The molecular formula is C15H15ClFNO2S. The van der Waals surface area contributed by atoms with Gasteiger partial charge >= 0.3 is 0 Å². The molecule has 0 bridgehead atoms. The van der Waals surface area contributed by atoms with Crippen LogP contribution in [0.15, 0.2) is 47.4 Å². The molecule has 0 saturated heterocycles. The molecule has 0 radical (unpaired) electrons. The lowest BCUT2D eigenvalue weighted by Gasteiger charge is -2.21. The maximum absolute atomic E-state index is 13.8. The SMILES string of the molecule is Cc1ccc(CCl)cc1S(=O)(=O)N(C)c1ccccc1F. The monoisotopic (exact) mass is 327 g/mol. The van der Waals surface area contributed by atoms with Gasteiger partial charge in [0.1, 0.15) is 5.82 Å². The van der Waals surface area contributed by atoms with Crippen LogP contribution < -0.4 is 4.31 Å². The van der Waals surface area contributed by atoms with Crippen molar-refractivity contribution in [1.29, 1.82) is 0 Å². The molecule has 0 heterocycles. The van der Waals surface area contributed by atoms with E-state index in [9.17, 15) is 12.8 Å². The quantitative estimate of drug-likeness (QED) is 0.803. The summed E-state index contributed by atoms with van der Waals surface area (Å²) in [4.78, 5) is 0.131. The molecule has 0 amide bonds. The van der Waals surface area contributed by atoms with Crippen molar-refractivity contribution in [2.45, 2.75) is 17.7 Å². The Balaban J connectivity index is 2.54. The van der Waals surface area contributed by atoms with Crippen LogP contribution in [-0.2, 0) is 15.9 Å². The molecule has 0 atom stereocenters. The number of halogens is 2. The summed E-state index contributed by atoms with van der Waals surface area (Å²) in [6.07, 6.45) is 0. The number of aryl methyl sites for hydroxylation is 1. The number of rotatable bonds is 4. The minimum absolute atomic E-state index is 0.00757. The Bertz CT molecular complexity index is 762. The van der Waals surface area contributed by atoms with E-state index in [0.29, 0.717) is 11.1 Å². The van der Waals surface area contributed by atoms with Gasteiger partial charge in [-0.25, -0.2) is 12.8 Å². The van der Waals surface area contributed by atoms with E-state index in [-0.39, 0.29) is 16.5 Å². The molecule has 2 aromatic rings. The Kier molecular flexibility index (Phi) is 4.54. The fraction of sp³-hybridized carbons (Fsp3) is 0.200. The first-order valence-corrected chi connectivity index (χ1v) is 8.24. The first-order chi connectivity index (χ1) is 9.87. The van der Waals surface area contributed by atoms with Crippen LogP contribution in [0.3, 0.4) is 0 Å². The third kappa shape index (κ3) is 3.04. The molecule has 0 fully saturated rings. The summed E-state index contributed by atoms with van der Waals surface area (Å²) in [7, 11) is -2.51. The predicted octanol–water partition coefficient (Wildman–Crippen LogP) is 3.70. The Labute approximate surface area is 129 Å². The maximum atomic E-state index is 13.8.